The van der Waals surface area contributed by atoms with Gasteiger partial charge in [0.1, 0.15) is 11.9 Å². The molecule has 2 aromatic rings. The number of hydrogen-bond donors (Lipinski definition) is 2. The molecule has 0 radical (unpaired) electrons. The highest BCUT2D eigenvalue weighted by Crippen LogP contribution is 2.32. The number of alkyl halides is 3. The van der Waals surface area contributed by atoms with Crippen LogP contribution in [0.15, 0.2) is 30.5 Å². The molecular weight excluding hydrogens is 503 g/mol. The van der Waals surface area contributed by atoms with E-state index in [0.29, 0.717) is 24.5 Å². The molecule has 4 rings (SSSR count). The van der Waals surface area contributed by atoms with E-state index in [1.807, 2.05) is 0 Å². The molecular formula is C25H34F3N7O3. The van der Waals surface area contributed by atoms with Gasteiger partial charge in [0.2, 0.25) is 11.8 Å². The monoisotopic (exact) mass is 537 g/mol. The summed E-state index contributed by atoms with van der Waals surface area (Å²) < 4.78 is 42.2. The maximum atomic E-state index is 12.7. The van der Waals surface area contributed by atoms with Gasteiger partial charge in [-0.2, -0.15) is 4.98 Å². The second-order valence-electron chi connectivity index (χ2n) is 10.2. The molecule has 1 aliphatic heterocycles. The Bertz CT molecular complexity index is 1090. The number of nitrogens with one attached hydrogen (secondary N) is 2. The SMILES string of the molecule is CN(C)[C@@H]1CCN(C2CCC(CNc3nc(NCc4ccccc4OC(F)(F)F)ncc3[N+](=O)[O-])CC2)C1. The molecule has 1 saturated carbocycles. The molecule has 2 fully saturated rings. The Hall–Kier alpha value is -3.19. The van der Waals surface area contributed by atoms with E-state index in [0.717, 1.165) is 45.0 Å². The summed E-state index contributed by atoms with van der Waals surface area (Å²) in [5.74, 6) is 0.182. The van der Waals surface area contributed by atoms with Crippen molar-refractivity contribution in [3.8, 4) is 5.75 Å². The lowest BCUT2D eigenvalue weighted by molar-refractivity contribution is -0.384. The number of nitro groups is 1. The molecule has 0 unspecified atom stereocenters. The van der Waals surface area contributed by atoms with Crippen molar-refractivity contribution in [3.05, 3.63) is 46.1 Å². The summed E-state index contributed by atoms with van der Waals surface area (Å²) in [5, 5.41) is 17.5. The van der Waals surface area contributed by atoms with Crippen LogP contribution in [0.2, 0.25) is 0 Å². The van der Waals surface area contributed by atoms with E-state index in [-0.39, 0.29) is 35.3 Å². The first-order valence-electron chi connectivity index (χ1n) is 12.8. The molecule has 2 aliphatic rings. The molecule has 1 saturated heterocycles. The summed E-state index contributed by atoms with van der Waals surface area (Å²) in [5.41, 5.74) is -0.00946. The van der Waals surface area contributed by atoms with Gasteiger partial charge >= 0.3 is 12.0 Å². The zero-order valence-corrected chi connectivity index (χ0v) is 21.6. The van der Waals surface area contributed by atoms with E-state index in [2.05, 4.69) is 49.2 Å². The van der Waals surface area contributed by atoms with Crippen LogP contribution in [0.3, 0.4) is 0 Å². The number of para-hydroxylation sites is 1. The average Bonchev–Trinajstić information content (AvgIpc) is 3.37. The highest BCUT2D eigenvalue weighted by molar-refractivity contribution is 5.57. The molecule has 0 bridgehead atoms. The second-order valence-corrected chi connectivity index (χ2v) is 10.2. The van der Waals surface area contributed by atoms with Gasteiger partial charge in [-0.1, -0.05) is 18.2 Å². The van der Waals surface area contributed by atoms with Crippen LogP contribution in [-0.4, -0.2) is 76.9 Å². The molecule has 10 nitrogen and oxygen atoms in total. The van der Waals surface area contributed by atoms with Gasteiger partial charge in [-0.3, -0.25) is 15.0 Å². The van der Waals surface area contributed by atoms with Gasteiger partial charge in [0.05, 0.1) is 4.92 Å². The third kappa shape index (κ3) is 7.44. The van der Waals surface area contributed by atoms with Crippen LogP contribution in [0.1, 0.15) is 37.7 Å². The van der Waals surface area contributed by atoms with E-state index in [1.54, 1.807) is 6.07 Å². The fourth-order valence-corrected chi connectivity index (χ4v) is 5.25. The van der Waals surface area contributed by atoms with Crippen molar-refractivity contribution in [2.45, 2.75) is 57.1 Å². The number of benzene rings is 1. The Morgan fingerprint density at radius 2 is 1.89 bits per heavy atom. The van der Waals surface area contributed by atoms with Gasteiger partial charge in [-0.25, -0.2) is 4.98 Å². The Morgan fingerprint density at radius 1 is 1.16 bits per heavy atom. The van der Waals surface area contributed by atoms with E-state index in [4.69, 9.17) is 0 Å². The summed E-state index contributed by atoms with van der Waals surface area (Å²) in [6, 6.07) is 6.92. The molecule has 208 valence electrons. The number of likely N-dealkylation sites (tertiary alicyclic amines) is 1. The molecule has 13 heteroatoms. The van der Waals surface area contributed by atoms with Gasteiger partial charge in [-0.05, 0) is 58.2 Å². The third-order valence-corrected chi connectivity index (χ3v) is 7.42. The Kier molecular flexibility index (Phi) is 8.87. The summed E-state index contributed by atoms with van der Waals surface area (Å²) in [4.78, 5) is 24.1. The number of likely N-dealkylation sites (N-methyl/N-ethyl adjacent to an activating group) is 1. The zero-order valence-electron chi connectivity index (χ0n) is 21.6. The van der Waals surface area contributed by atoms with Gasteiger partial charge in [0.15, 0.2) is 0 Å². The molecule has 1 atom stereocenters. The number of hydrogen-bond acceptors (Lipinski definition) is 9. The fraction of sp³-hybridized carbons (Fsp3) is 0.600. The average molecular weight is 538 g/mol. The van der Waals surface area contributed by atoms with Crippen molar-refractivity contribution in [1.82, 2.24) is 19.8 Å². The van der Waals surface area contributed by atoms with Crippen LogP contribution in [-0.2, 0) is 6.54 Å². The van der Waals surface area contributed by atoms with Gasteiger partial charge < -0.3 is 20.3 Å². The van der Waals surface area contributed by atoms with Crippen LogP contribution < -0.4 is 15.4 Å². The van der Waals surface area contributed by atoms with Crippen LogP contribution >= 0.6 is 0 Å². The lowest BCUT2D eigenvalue weighted by Gasteiger charge is -2.35. The standard InChI is InChI=1S/C25H34F3N7O3/c1-33(2)20-11-12-34(16-20)19-9-7-17(8-10-19)13-29-23-21(35(36)37)15-31-24(32-23)30-14-18-5-3-4-6-22(18)38-25(26,27)28/h3-6,15,17,19-20H,7-14,16H2,1-2H3,(H2,29,30,31,32)/t17?,19?,20-/m1/s1. The van der Waals surface area contributed by atoms with Crippen LogP contribution in [0.4, 0.5) is 30.6 Å². The lowest BCUT2D eigenvalue weighted by atomic mass is 9.85. The van der Waals surface area contributed by atoms with Gasteiger partial charge in [0, 0.05) is 43.8 Å². The van der Waals surface area contributed by atoms with Crippen molar-refractivity contribution in [2.75, 3.05) is 44.4 Å². The Labute approximate surface area is 219 Å². The molecule has 2 N–H and O–H groups in total. The molecule has 2 heterocycles. The van der Waals surface area contributed by atoms with Crippen LogP contribution in [0.5, 0.6) is 5.75 Å². The predicted molar refractivity (Wildman–Crippen MR) is 137 cm³/mol. The van der Waals surface area contributed by atoms with E-state index < -0.39 is 11.3 Å². The van der Waals surface area contributed by atoms with Crippen LogP contribution in [0.25, 0.3) is 0 Å². The first-order valence-corrected chi connectivity index (χ1v) is 12.8. The van der Waals surface area contributed by atoms with Crippen molar-refractivity contribution in [2.24, 2.45) is 5.92 Å². The molecule has 1 aromatic carbocycles. The maximum Gasteiger partial charge on any atom is 0.573 e. The van der Waals surface area contributed by atoms with Gasteiger partial charge in [-0.15, -0.1) is 13.2 Å². The summed E-state index contributed by atoms with van der Waals surface area (Å²) >= 11 is 0. The maximum absolute atomic E-state index is 12.7. The normalized spacial score (nSPS) is 22.4. The number of halogens is 3. The highest BCUT2D eigenvalue weighted by Gasteiger charge is 2.33. The van der Waals surface area contributed by atoms with Crippen molar-refractivity contribution >= 4 is 17.5 Å². The molecule has 1 aliphatic carbocycles. The Balaban J connectivity index is 1.33. The van der Waals surface area contributed by atoms with Crippen molar-refractivity contribution in [1.29, 1.82) is 0 Å². The second kappa shape index (κ2) is 12.1. The number of nitrogens with zero attached hydrogens (tertiary/aromatic N) is 5. The lowest BCUT2D eigenvalue weighted by Crippen LogP contribution is -2.39. The topological polar surface area (TPSA) is 109 Å². The quantitative estimate of drug-likeness (QED) is 0.334. The van der Waals surface area contributed by atoms with Gasteiger partial charge in [0.25, 0.3) is 0 Å². The fourth-order valence-electron chi connectivity index (χ4n) is 5.25. The largest absolute Gasteiger partial charge is 0.573 e. The first-order chi connectivity index (χ1) is 18.1. The summed E-state index contributed by atoms with van der Waals surface area (Å²) in [6.45, 7) is 2.73. The number of ether oxygens (including phenoxy) is 1. The first kappa shape index (κ1) is 27.8. The van der Waals surface area contributed by atoms with Crippen molar-refractivity contribution in [3.63, 3.8) is 0 Å². The zero-order chi connectivity index (χ0) is 27.3. The van der Waals surface area contributed by atoms with Crippen LogP contribution in [0, 0.1) is 16.0 Å². The third-order valence-electron chi connectivity index (χ3n) is 7.42. The minimum atomic E-state index is -4.82. The number of rotatable bonds is 10. The Morgan fingerprint density at radius 3 is 2.55 bits per heavy atom. The number of anilines is 2. The molecule has 38 heavy (non-hydrogen) atoms. The molecule has 0 amide bonds. The van der Waals surface area contributed by atoms with E-state index >= 15 is 0 Å². The minimum Gasteiger partial charge on any atom is -0.405 e. The predicted octanol–water partition coefficient (Wildman–Crippen LogP) is 4.50. The smallest absolute Gasteiger partial charge is 0.405 e. The molecule has 1 aromatic heterocycles. The summed E-state index contributed by atoms with van der Waals surface area (Å²) in [6.07, 6.45) is 1.74. The van der Waals surface area contributed by atoms with E-state index in [9.17, 15) is 23.3 Å². The minimum absolute atomic E-state index is 0.0568. The molecule has 0 spiro atoms. The summed E-state index contributed by atoms with van der Waals surface area (Å²) in [7, 11) is 4.26. The highest BCUT2D eigenvalue weighted by atomic mass is 19.4. The number of aromatic nitrogens is 2. The van der Waals surface area contributed by atoms with Crippen molar-refractivity contribution < 1.29 is 22.8 Å². The van der Waals surface area contributed by atoms with E-state index in [1.165, 1.54) is 24.6 Å².